The predicted octanol–water partition coefficient (Wildman–Crippen LogP) is -0.117. The first-order valence-corrected chi connectivity index (χ1v) is 9.10. The van der Waals surface area contributed by atoms with Crippen molar-refractivity contribution in [3.8, 4) is 0 Å². The molecule has 3 N–H and O–H groups in total. The van der Waals surface area contributed by atoms with Gasteiger partial charge in [-0.1, -0.05) is 107 Å². The van der Waals surface area contributed by atoms with Crippen molar-refractivity contribution in [3.05, 3.63) is 91.0 Å². The van der Waals surface area contributed by atoms with Crippen molar-refractivity contribution in [1.29, 1.82) is 0 Å². The maximum atomic E-state index is 7.17. The van der Waals surface area contributed by atoms with Crippen LogP contribution in [0.3, 0.4) is 0 Å². The summed E-state index contributed by atoms with van der Waals surface area (Å²) in [4.78, 5) is 0. The lowest BCUT2D eigenvalue weighted by Gasteiger charge is -2.16. The summed E-state index contributed by atoms with van der Waals surface area (Å²) in [6.07, 6.45) is 0. The fraction of sp³-hybridized carbons (Fsp3) is 0. The van der Waals surface area contributed by atoms with E-state index < -0.39 is 16.1 Å². The Hall–Kier alpha value is -2.18. The zero-order chi connectivity index (χ0) is 16.5. The largest absolute Gasteiger partial charge is 0.631 e. The summed E-state index contributed by atoms with van der Waals surface area (Å²) in [6, 6.07) is 32.7. The Morgan fingerprint density at radius 1 is 0.478 bits per heavy atom. The quantitative estimate of drug-likeness (QED) is 0.466. The molecule has 3 rings (SSSR count). The highest BCUT2D eigenvalue weighted by Crippen LogP contribution is 1.95. The molecule has 0 fully saturated rings. The minimum Gasteiger partial charge on any atom is -0.402 e. The Morgan fingerprint density at radius 2 is 0.696 bits per heavy atom. The third kappa shape index (κ3) is 5.50. The molecule has 116 valence electrons. The first kappa shape index (κ1) is 17.2. The van der Waals surface area contributed by atoms with Crippen LogP contribution in [0.4, 0.5) is 0 Å². The monoisotopic (exact) mass is 322 g/mol. The second-order valence-electron chi connectivity index (χ2n) is 5.01. The van der Waals surface area contributed by atoms with Crippen LogP contribution >= 0.6 is 0 Å². The van der Waals surface area contributed by atoms with Gasteiger partial charge in [-0.15, -0.1) is 0 Å². The van der Waals surface area contributed by atoms with E-state index in [2.05, 4.69) is 91.0 Å². The van der Waals surface area contributed by atoms with E-state index >= 15 is 0 Å². The standard InChI is InChI=1S/C18H16Si.BH3O3/c1-4-10-16(11-5-1)19(17-12-6-2-7-13-17)18-14-8-3-9-15-18;2-1(3)4/h1-15,19H;2-4H. The summed E-state index contributed by atoms with van der Waals surface area (Å²) < 4.78 is 0. The Morgan fingerprint density at radius 3 is 0.913 bits per heavy atom. The van der Waals surface area contributed by atoms with Crippen LogP contribution in [0, 0.1) is 0 Å². The minimum atomic E-state index is -2.17. The van der Waals surface area contributed by atoms with Crippen molar-refractivity contribution in [2.24, 2.45) is 0 Å². The molecule has 0 aliphatic heterocycles. The van der Waals surface area contributed by atoms with Crippen molar-refractivity contribution < 1.29 is 15.1 Å². The molecule has 0 atom stereocenters. The van der Waals surface area contributed by atoms with Gasteiger partial charge >= 0.3 is 7.32 Å². The van der Waals surface area contributed by atoms with Gasteiger partial charge in [0, 0.05) is 0 Å². The van der Waals surface area contributed by atoms with Gasteiger partial charge in [0.1, 0.15) is 8.80 Å². The molecule has 0 aliphatic rings. The van der Waals surface area contributed by atoms with Crippen molar-refractivity contribution >= 4 is 31.7 Å². The summed E-state index contributed by atoms with van der Waals surface area (Å²) in [5.41, 5.74) is 0. The van der Waals surface area contributed by atoms with Gasteiger partial charge in [0.25, 0.3) is 0 Å². The van der Waals surface area contributed by atoms with Gasteiger partial charge in [0.2, 0.25) is 0 Å². The molecule has 23 heavy (non-hydrogen) atoms. The SMILES string of the molecule is OB(O)O.c1ccc([SiH](c2ccccc2)c2ccccc2)cc1. The number of rotatable bonds is 3. The molecule has 3 aromatic carbocycles. The second kappa shape index (κ2) is 9.07. The van der Waals surface area contributed by atoms with Gasteiger partial charge in [-0.2, -0.15) is 0 Å². The van der Waals surface area contributed by atoms with Gasteiger partial charge < -0.3 is 15.1 Å². The van der Waals surface area contributed by atoms with E-state index in [4.69, 9.17) is 15.1 Å². The molecular formula is C18H19BO3Si. The third-order valence-corrected chi connectivity index (χ3v) is 6.55. The molecule has 3 nitrogen and oxygen atoms in total. The predicted molar refractivity (Wildman–Crippen MR) is 97.8 cm³/mol. The first-order valence-electron chi connectivity index (χ1n) is 7.37. The molecule has 0 aliphatic carbocycles. The van der Waals surface area contributed by atoms with Crippen LogP contribution in [-0.2, 0) is 0 Å². The van der Waals surface area contributed by atoms with E-state index in [9.17, 15) is 0 Å². The zero-order valence-electron chi connectivity index (χ0n) is 12.7. The molecule has 0 spiro atoms. The maximum Gasteiger partial charge on any atom is 0.631 e. The van der Waals surface area contributed by atoms with Gasteiger partial charge in [0.05, 0.1) is 0 Å². The zero-order valence-corrected chi connectivity index (χ0v) is 13.8. The fourth-order valence-corrected chi connectivity index (χ4v) is 5.49. The van der Waals surface area contributed by atoms with Crippen molar-refractivity contribution in [1.82, 2.24) is 0 Å². The van der Waals surface area contributed by atoms with Gasteiger partial charge in [-0.25, -0.2) is 0 Å². The Labute approximate surface area is 138 Å². The molecule has 0 radical (unpaired) electrons. The van der Waals surface area contributed by atoms with E-state index in [0.29, 0.717) is 0 Å². The van der Waals surface area contributed by atoms with Crippen LogP contribution in [0.1, 0.15) is 0 Å². The highest BCUT2D eigenvalue weighted by Gasteiger charge is 2.17. The van der Waals surface area contributed by atoms with E-state index in [-0.39, 0.29) is 0 Å². The molecule has 0 saturated carbocycles. The fourth-order valence-electron chi connectivity index (χ4n) is 2.51. The molecular weight excluding hydrogens is 303 g/mol. The number of hydrogen-bond donors (Lipinski definition) is 3. The Kier molecular flexibility index (Phi) is 6.78. The van der Waals surface area contributed by atoms with Crippen LogP contribution in [-0.4, -0.2) is 31.2 Å². The normalized spacial score (nSPS) is 9.91. The molecule has 0 amide bonds. The summed E-state index contributed by atoms with van der Waals surface area (Å²) in [7, 11) is -3.48. The van der Waals surface area contributed by atoms with Crippen LogP contribution in [0.5, 0.6) is 0 Å². The highest BCUT2D eigenvalue weighted by atomic mass is 28.3. The van der Waals surface area contributed by atoms with E-state index in [1.54, 1.807) is 0 Å². The van der Waals surface area contributed by atoms with Crippen LogP contribution in [0.25, 0.3) is 0 Å². The summed E-state index contributed by atoms with van der Waals surface area (Å²) >= 11 is 0. The summed E-state index contributed by atoms with van der Waals surface area (Å²) in [6.45, 7) is 0. The molecule has 0 bridgehead atoms. The lowest BCUT2D eigenvalue weighted by Crippen LogP contribution is -2.51. The number of benzene rings is 3. The third-order valence-electron chi connectivity index (χ3n) is 3.40. The van der Waals surface area contributed by atoms with Crippen molar-refractivity contribution in [3.63, 3.8) is 0 Å². The average molecular weight is 322 g/mol. The summed E-state index contributed by atoms with van der Waals surface area (Å²) in [5, 5.41) is 25.9. The van der Waals surface area contributed by atoms with Crippen LogP contribution < -0.4 is 15.6 Å². The Bertz CT molecular complexity index is 582. The van der Waals surface area contributed by atoms with E-state index in [1.165, 1.54) is 15.6 Å². The molecule has 0 saturated heterocycles. The second-order valence-corrected chi connectivity index (χ2v) is 7.88. The smallest absolute Gasteiger partial charge is 0.402 e. The van der Waals surface area contributed by atoms with Crippen LogP contribution in [0.15, 0.2) is 91.0 Å². The van der Waals surface area contributed by atoms with Gasteiger partial charge in [-0.05, 0) is 0 Å². The van der Waals surface area contributed by atoms with E-state index in [0.717, 1.165) is 0 Å². The summed E-state index contributed by atoms with van der Waals surface area (Å²) in [5.74, 6) is 0. The molecule has 0 unspecified atom stereocenters. The first-order chi connectivity index (χ1) is 11.2. The van der Waals surface area contributed by atoms with Crippen molar-refractivity contribution in [2.75, 3.05) is 0 Å². The molecule has 0 heterocycles. The lowest BCUT2D eigenvalue weighted by molar-refractivity contribution is 0.278. The maximum absolute atomic E-state index is 7.17. The van der Waals surface area contributed by atoms with Gasteiger partial charge in [-0.3, -0.25) is 0 Å². The molecule has 0 aromatic heterocycles. The Balaban J connectivity index is 0.000000433. The minimum absolute atomic E-state index is 1.31. The highest BCUT2D eigenvalue weighted by molar-refractivity contribution is 6.95. The van der Waals surface area contributed by atoms with Crippen LogP contribution in [0.2, 0.25) is 0 Å². The van der Waals surface area contributed by atoms with E-state index in [1.807, 2.05) is 0 Å². The molecule has 5 heteroatoms. The topological polar surface area (TPSA) is 60.7 Å². The van der Waals surface area contributed by atoms with Gasteiger partial charge in [0.15, 0.2) is 0 Å². The average Bonchev–Trinajstić information content (AvgIpc) is 2.58. The lowest BCUT2D eigenvalue weighted by atomic mass is 10.3. The number of hydrogen-bond acceptors (Lipinski definition) is 3. The van der Waals surface area contributed by atoms with Crippen molar-refractivity contribution in [2.45, 2.75) is 0 Å². The molecule has 3 aromatic rings.